The summed E-state index contributed by atoms with van der Waals surface area (Å²) in [6, 6.07) is 0. The Labute approximate surface area is 246 Å². The smallest absolute Gasteiger partial charge is 0.302 e. The van der Waals surface area contributed by atoms with E-state index in [4.69, 9.17) is 9.47 Å². The molecule has 5 rings (SSSR count). The van der Waals surface area contributed by atoms with Crippen LogP contribution in [0.2, 0.25) is 0 Å². The third-order valence-electron chi connectivity index (χ3n) is 14.2. The number of Topliss-reactive ketones (excluding diaryl/α,β-unsaturated/α-hetero) is 2. The van der Waals surface area contributed by atoms with Gasteiger partial charge in [-0.1, -0.05) is 27.4 Å². The zero-order chi connectivity index (χ0) is 30.2. The van der Waals surface area contributed by atoms with Gasteiger partial charge in [-0.2, -0.15) is 0 Å². The monoisotopic (exact) mass is 568 g/mol. The Balaban J connectivity index is 1.52. The van der Waals surface area contributed by atoms with Gasteiger partial charge in [0.05, 0.1) is 12.0 Å². The Kier molecular flexibility index (Phi) is 7.47. The van der Waals surface area contributed by atoms with Gasteiger partial charge >= 0.3 is 11.9 Å². The van der Waals surface area contributed by atoms with E-state index >= 15 is 0 Å². The van der Waals surface area contributed by atoms with E-state index in [2.05, 4.69) is 34.3 Å². The van der Waals surface area contributed by atoms with Crippen molar-refractivity contribution in [2.75, 3.05) is 13.2 Å². The minimum Gasteiger partial charge on any atom is -0.465 e. The van der Waals surface area contributed by atoms with Gasteiger partial charge in [-0.3, -0.25) is 19.2 Å². The van der Waals surface area contributed by atoms with Crippen molar-refractivity contribution in [3.05, 3.63) is 12.2 Å². The van der Waals surface area contributed by atoms with E-state index < -0.39 is 5.41 Å². The van der Waals surface area contributed by atoms with Crippen molar-refractivity contribution in [2.24, 2.45) is 56.7 Å². The third-order valence-corrected chi connectivity index (χ3v) is 14.2. The van der Waals surface area contributed by atoms with Gasteiger partial charge < -0.3 is 9.47 Å². The number of carbonyl (C=O) groups excluding carboxylic acids is 4. The molecule has 41 heavy (non-hydrogen) atoms. The van der Waals surface area contributed by atoms with Crippen molar-refractivity contribution >= 4 is 23.5 Å². The Hall–Kier alpha value is -1.98. The fourth-order valence-electron chi connectivity index (χ4n) is 11.9. The highest BCUT2D eigenvalue weighted by molar-refractivity contribution is 5.93. The van der Waals surface area contributed by atoms with Gasteiger partial charge in [0.1, 0.15) is 12.4 Å². The molecule has 5 fully saturated rings. The molecule has 0 radical (unpaired) electrons. The Bertz CT molecular complexity index is 1160. The molecule has 0 amide bonds. The van der Waals surface area contributed by atoms with Crippen molar-refractivity contribution in [2.45, 2.75) is 113 Å². The fourth-order valence-corrected chi connectivity index (χ4v) is 11.9. The molecule has 0 aromatic heterocycles. The van der Waals surface area contributed by atoms with Crippen LogP contribution >= 0.6 is 0 Å². The average molecular weight is 569 g/mol. The maximum absolute atomic E-state index is 13.4. The molecule has 0 N–H and O–H groups in total. The first-order valence-electron chi connectivity index (χ1n) is 16.1. The van der Waals surface area contributed by atoms with Crippen molar-refractivity contribution in [1.82, 2.24) is 0 Å². The molecule has 6 nitrogen and oxygen atoms in total. The largest absolute Gasteiger partial charge is 0.465 e. The van der Waals surface area contributed by atoms with Crippen LogP contribution in [0.5, 0.6) is 0 Å². The molecule has 1 unspecified atom stereocenters. The van der Waals surface area contributed by atoms with E-state index in [9.17, 15) is 19.2 Å². The SMILES string of the molecule is C=C(C(C)=O)[C@@H]1CC[C@]2(COC(C)=O)CC[C@]3(C)[C@H](CC[C@@H]4[C@@]5(C)CCC(=O)C(C)(COC(C)=O)[C@@H]5CC[C@]43C)[C@@H]12. The van der Waals surface area contributed by atoms with Crippen LogP contribution in [0.4, 0.5) is 0 Å². The molecule has 0 spiro atoms. The first kappa shape index (κ1) is 30.5. The summed E-state index contributed by atoms with van der Waals surface area (Å²) in [6.07, 6.45) is 9.65. The summed E-state index contributed by atoms with van der Waals surface area (Å²) in [5.41, 5.74) is 0.166. The lowest BCUT2D eigenvalue weighted by molar-refractivity contribution is -0.240. The average Bonchev–Trinajstić information content (AvgIpc) is 3.28. The van der Waals surface area contributed by atoms with E-state index in [1.807, 2.05) is 0 Å². The zero-order valence-electron chi connectivity index (χ0n) is 26.5. The standard InChI is InChI=1S/C35H52O6/c1-21(22(2)36)25-11-16-35(20-41-24(4)38)18-17-33(7)26(30(25)35)9-10-28-31(5)14-13-29(39)32(6,19-40-23(3)37)27(31)12-15-34(28,33)8/h25-28,30H,1,9-20H2,2-8H3/t25-,26+,27+,28+,30+,31-,32?,33+,34+,35+/m0/s1. The van der Waals surface area contributed by atoms with Gasteiger partial charge in [0.25, 0.3) is 0 Å². The minimum atomic E-state index is -0.640. The van der Waals surface area contributed by atoms with E-state index in [1.54, 1.807) is 6.92 Å². The van der Waals surface area contributed by atoms with Gasteiger partial charge in [0.2, 0.25) is 0 Å². The zero-order valence-corrected chi connectivity index (χ0v) is 26.5. The summed E-state index contributed by atoms with van der Waals surface area (Å²) in [5, 5.41) is 0. The Morgan fingerprint density at radius 1 is 0.780 bits per heavy atom. The molecule has 228 valence electrons. The van der Waals surface area contributed by atoms with Gasteiger partial charge in [-0.15, -0.1) is 0 Å². The molecule has 5 saturated carbocycles. The topological polar surface area (TPSA) is 86.7 Å². The van der Waals surface area contributed by atoms with Crippen LogP contribution in [-0.4, -0.2) is 36.7 Å². The summed E-state index contributed by atoms with van der Waals surface area (Å²) < 4.78 is 11.3. The van der Waals surface area contributed by atoms with Crippen molar-refractivity contribution < 1.29 is 28.7 Å². The van der Waals surface area contributed by atoms with Crippen LogP contribution in [0.1, 0.15) is 113 Å². The molecule has 10 atom stereocenters. The lowest BCUT2D eigenvalue weighted by Crippen LogP contribution is -2.67. The van der Waals surface area contributed by atoms with Crippen LogP contribution in [0.3, 0.4) is 0 Å². The van der Waals surface area contributed by atoms with E-state index in [0.717, 1.165) is 63.4 Å². The molecule has 0 bridgehead atoms. The normalized spacial score (nSPS) is 46.8. The van der Waals surface area contributed by atoms with Crippen LogP contribution in [0, 0.1) is 56.7 Å². The molecule has 0 aromatic carbocycles. The van der Waals surface area contributed by atoms with Crippen molar-refractivity contribution in [1.29, 1.82) is 0 Å². The number of hydrogen-bond acceptors (Lipinski definition) is 6. The van der Waals surface area contributed by atoms with Crippen LogP contribution in [0.15, 0.2) is 12.2 Å². The van der Waals surface area contributed by atoms with Crippen LogP contribution in [0.25, 0.3) is 0 Å². The van der Waals surface area contributed by atoms with Crippen molar-refractivity contribution in [3.63, 3.8) is 0 Å². The molecule has 5 aliphatic rings. The summed E-state index contributed by atoms with van der Waals surface area (Å²) in [4.78, 5) is 49.8. The number of allylic oxidation sites excluding steroid dienone is 1. The number of rotatable bonds is 6. The lowest BCUT2D eigenvalue weighted by atomic mass is 9.32. The maximum Gasteiger partial charge on any atom is 0.302 e. The number of hydrogen-bond donors (Lipinski definition) is 0. The first-order valence-corrected chi connectivity index (χ1v) is 16.1. The molecule has 6 heteroatoms. The van der Waals surface area contributed by atoms with Crippen molar-refractivity contribution in [3.8, 4) is 0 Å². The summed E-state index contributed by atoms with van der Waals surface area (Å²) in [5.74, 6) is 1.28. The number of ketones is 2. The predicted molar refractivity (Wildman–Crippen MR) is 157 cm³/mol. The number of ether oxygens (including phenoxy) is 2. The highest BCUT2D eigenvalue weighted by Gasteiger charge is 2.71. The second kappa shape index (κ2) is 10.0. The predicted octanol–water partition coefficient (Wildman–Crippen LogP) is 6.89. The first-order chi connectivity index (χ1) is 19.1. The quantitative estimate of drug-likeness (QED) is 0.256. The van der Waals surface area contributed by atoms with E-state index in [0.29, 0.717) is 24.9 Å². The second-order valence-electron chi connectivity index (χ2n) is 15.7. The molecular formula is C35H52O6. The third kappa shape index (κ3) is 4.31. The molecule has 0 aromatic rings. The second-order valence-corrected chi connectivity index (χ2v) is 15.7. The Morgan fingerprint density at radius 3 is 2.07 bits per heavy atom. The Morgan fingerprint density at radius 2 is 1.44 bits per heavy atom. The molecular weight excluding hydrogens is 516 g/mol. The van der Waals surface area contributed by atoms with Crippen LogP contribution < -0.4 is 0 Å². The molecule has 0 aliphatic heterocycles. The number of esters is 2. The number of fused-ring (bicyclic) bond motifs is 7. The number of carbonyl (C=O) groups is 4. The van der Waals surface area contributed by atoms with E-state index in [1.165, 1.54) is 13.8 Å². The summed E-state index contributed by atoms with van der Waals surface area (Å²) in [6.45, 7) is 19.1. The molecule has 5 aliphatic carbocycles. The van der Waals surface area contributed by atoms with Gasteiger partial charge in [0.15, 0.2) is 5.78 Å². The lowest BCUT2D eigenvalue weighted by Gasteiger charge is -2.72. The maximum atomic E-state index is 13.4. The molecule has 0 heterocycles. The minimum absolute atomic E-state index is 0.00583. The van der Waals surface area contributed by atoms with Gasteiger partial charge in [-0.05, 0) is 123 Å². The highest BCUT2D eigenvalue weighted by Crippen LogP contribution is 2.77. The van der Waals surface area contributed by atoms with E-state index in [-0.39, 0.29) is 69.5 Å². The van der Waals surface area contributed by atoms with Gasteiger partial charge in [0, 0.05) is 25.7 Å². The van der Waals surface area contributed by atoms with Crippen LogP contribution in [-0.2, 0) is 28.7 Å². The van der Waals surface area contributed by atoms with Gasteiger partial charge in [-0.25, -0.2) is 0 Å². The summed E-state index contributed by atoms with van der Waals surface area (Å²) in [7, 11) is 0. The molecule has 0 saturated heterocycles. The summed E-state index contributed by atoms with van der Waals surface area (Å²) >= 11 is 0. The highest BCUT2D eigenvalue weighted by atomic mass is 16.5. The fraction of sp³-hybridized carbons (Fsp3) is 0.829.